The van der Waals surface area contributed by atoms with Crippen molar-refractivity contribution in [3.8, 4) is 0 Å². The molecule has 0 aliphatic heterocycles. The fourth-order valence-corrected chi connectivity index (χ4v) is 1.83. The van der Waals surface area contributed by atoms with Crippen LogP contribution in [0.4, 0.5) is 5.69 Å². The average Bonchev–Trinajstić information content (AvgIpc) is 2.30. The molecule has 1 aromatic heterocycles. The standard InChI is InChI=1S/C14H17N3/c1-17(11-14-7-2-3-8-16-14)10-12-5-4-6-13(15)9-12/h2-9H,10-11,15H2,1H3. The highest BCUT2D eigenvalue weighted by Gasteiger charge is 2.02. The van der Waals surface area contributed by atoms with Crippen molar-refractivity contribution in [2.75, 3.05) is 12.8 Å². The predicted octanol–water partition coefficient (Wildman–Crippen LogP) is 2.30. The normalized spacial score (nSPS) is 10.7. The summed E-state index contributed by atoms with van der Waals surface area (Å²) in [5.41, 5.74) is 8.88. The predicted molar refractivity (Wildman–Crippen MR) is 70.3 cm³/mol. The minimum Gasteiger partial charge on any atom is -0.399 e. The van der Waals surface area contributed by atoms with Gasteiger partial charge in [-0.1, -0.05) is 18.2 Å². The van der Waals surface area contributed by atoms with Crippen LogP contribution in [0.1, 0.15) is 11.3 Å². The van der Waals surface area contributed by atoms with Crippen molar-refractivity contribution in [1.29, 1.82) is 0 Å². The minimum atomic E-state index is 0.814. The fraction of sp³-hybridized carbons (Fsp3) is 0.214. The molecule has 0 atom stereocenters. The lowest BCUT2D eigenvalue weighted by atomic mass is 10.2. The van der Waals surface area contributed by atoms with Crippen LogP contribution >= 0.6 is 0 Å². The van der Waals surface area contributed by atoms with E-state index >= 15 is 0 Å². The second-order valence-corrected chi connectivity index (χ2v) is 4.24. The zero-order chi connectivity index (χ0) is 12.1. The van der Waals surface area contributed by atoms with Crippen molar-refractivity contribution >= 4 is 5.69 Å². The molecular formula is C14H17N3. The Labute approximate surface area is 102 Å². The molecule has 0 saturated carbocycles. The molecule has 1 aromatic carbocycles. The van der Waals surface area contributed by atoms with E-state index in [1.54, 1.807) is 0 Å². The fourth-order valence-electron chi connectivity index (χ4n) is 1.83. The molecule has 1 heterocycles. The molecule has 2 rings (SSSR count). The molecule has 0 fully saturated rings. The lowest BCUT2D eigenvalue weighted by molar-refractivity contribution is 0.315. The van der Waals surface area contributed by atoms with Gasteiger partial charge in [-0.15, -0.1) is 0 Å². The number of rotatable bonds is 4. The summed E-state index contributed by atoms with van der Waals surface area (Å²) in [6.07, 6.45) is 1.82. The Morgan fingerprint density at radius 2 is 2.00 bits per heavy atom. The minimum absolute atomic E-state index is 0.814. The summed E-state index contributed by atoms with van der Waals surface area (Å²) in [4.78, 5) is 6.53. The van der Waals surface area contributed by atoms with E-state index in [0.29, 0.717) is 0 Å². The smallest absolute Gasteiger partial charge is 0.0543 e. The molecular weight excluding hydrogens is 210 g/mol. The summed E-state index contributed by atoms with van der Waals surface area (Å²) in [6, 6.07) is 14.0. The Balaban J connectivity index is 1.96. The number of nitrogens with zero attached hydrogens (tertiary/aromatic N) is 2. The van der Waals surface area contributed by atoms with Crippen LogP contribution in [0.2, 0.25) is 0 Å². The maximum Gasteiger partial charge on any atom is 0.0543 e. The summed E-state index contributed by atoms with van der Waals surface area (Å²) in [6.45, 7) is 1.72. The molecule has 88 valence electrons. The highest BCUT2D eigenvalue weighted by atomic mass is 15.1. The van der Waals surface area contributed by atoms with Crippen molar-refractivity contribution < 1.29 is 0 Å². The topological polar surface area (TPSA) is 42.1 Å². The molecule has 0 unspecified atom stereocenters. The van der Waals surface area contributed by atoms with Gasteiger partial charge in [0.05, 0.1) is 5.69 Å². The summed E-state index contributed by atoms with van der Waals surface area (Å²) in [5.74, 6) is 0. The molecule has 2 N–H and O–H groups in total. The number of benzene rings is 1. The SMILES string of the molecule is CN(Cc1cccc(N)c1)Cc1ccccn1. The van der Waals surface area contributed by atoms with E-state index < -0.39 is 0 Å². The summed E-state index contributed by atoms with van der Waals surface area (Å²) < 4.78 is 0. The maximum absolute atomic E-state index is 5.76. The monoisotopic (exact) mass is 227 g/mol. The van der Waals surface area contributed by atoms with Crippen LogP contribution in [0.5, 0.6) is 0 Å². The van der Waals surface area contributed by atoms with Crippen LogP contribution in [-0.2, 0) is 13.1 Å². The first-order valence-electron chi connectivity index (χ1n) is 5.67. The number of hydrogen-bond acceptors (Lipinski definition) is 3. The van der Waals surface area contributed by atoms with Crippen molar-refractivity contribution in [1.82, 2.24) is 9.88 Å². The maximum atomic E-state index is 5.76. The van der Waals surface area contributed by atoms with E-state index in [-0.39, 0.29) is 0 Å². The lowest BCUT2D eigenvalue weighted by Gasteiger charge is -2.16. The number of aromatic nitrogens is 1. The second-order valence-electron chi connectivity index (χ2n) is 4.24. The van der Waals surface area contributed by atoms with E-state index in [9.17, 15) is 0 Å². The van der Waals surface area contributed by atoms with E-state index in [0.717, 1.165) is 24.5 Å². The van der Waals surface area contributed by atoms with Gasteiger partial charge in [-0.25, -0.2) is 0 Å². The Morgan fingerprint density at radius 3 is 2.71 bits per heavy atom. The van der Waals surface area contributed by atoms with Crippen LogP contribution in [0.25, 0.3) is 0 Å². The van der Waals surface area contributed by atoms with Gasteiger partial charge in [0.25, 0.3) is 0 Å². The highest BCUT2D eigenvalue weighted by Crippen LogP contribution is 2.10. The molecule has 0 radical (unpaired) electrons. The van der Waals surface area contributed by atoms with Crippen LogP contribution in [0.3, 0.4) is 0 Å². The average molecular weight is 227 g/mol. The van der Waals surface area contributed by atoms with Crippen LogP contribution < -0.4 is 5.73 Å². The molecule has 0 spiro atoms. The number of anilines is 1. The van der Waals surface area contributed by atoms with E-state index in [1.165, 1.54) is 5.56 Å². The van der Waals surface area contributed by atoms with Gasteiger partial charge < -0.3 is 5.73 Å². The Morgan fingerprint density at radius 1 is 1.12 bits per heavy atom. The first-order chi connectivity index (χ1) is 8.24. The molecule has 0 saturated heterocycles. The molecule has 0 amide bonds. The van der Waals surface area contributed by atoms with Crippen LogP contribution in [0, 0.1) is 0 Å². The third-order valence-electron chi connectivity index (χ3n) is 2.56. The Bertz CT molecular complexity index is 468. The summed E-state index contributed by atoms with van der Waals surface area (Å²) in [7, 11) is 2.08. The molecule has 3 heteroatoms. The van der Waals surface area contributed by atoms with E-state index in [4.69, 9.17) is 5.73 Å². The largest absolute Gasteiger partial charge is 0.399 e. The highest BCUT2D eigenvalue weighted by molar-refractivity contribution is 5.40. The first kappa shape index (κ1) is 11.6. The number of nitrogen functional groups attached to an aromatic ring is 1. The van der Waals surface area contributed by atoms with Crippen LogP contribution in [-0.4, -0.2) is 16.9 Å². The van der Waals surface area contributed by atoms with Crippen LogP contribution in [0.15, 0.2) is 48.7 Å². The van der Waals surface area contributed by atoms with Crippen molar-refractivity contribution in [3.63, 3.8) is 0 Å². The van der Waals surface area contributed by atoms with Gasteiger partial charge in [0.15, 0.2) is 0 Å². The van der Waals surface area contributed by atoms with Gasteiger partial charge in [0, 0.05) is 25.0 Å². The zero-order valence-electron chi connectivity index (χ0n) is 10.0. The molecule has 17 heavy (non-hydrogen) atoms. The van der Waals surface area contributed by atoms with E-state index in [2.05, 4.69) is 23.0 Å². The third kappa shape index (κ3) is 3.57. The molecule has 2 aromatic rings. The van der Waals surface area contributed by atoms with Gasteiger partial charge in [-0.2, -0.15) is 0 Å². The number of nitrogens with two attached hydrogens (primary N) is 1. The Hall–Kier alpha value is -1.87. The molecule has 0 aliphatic carbocycles. The zero-order valence-corrected chi connectivity index (χ0v) is 10.0. The molecule has 0 aliphatic rings. The summed E-state index contributed by atoms with van der Waals surface area (Å²) >= 11 is 0. The first-order valence-corrected chi connectivity index (χ1v) is 5.67. The van der Waals surface area contributed by atoms with Gasteiger partial charge in [0.1, 0.15) is 0 Å². The van der Waals surface area contributed by atoms with Gasteiger partial charge >= 0.3 is 0 Å². The van der Waals surface area contributed by atoms with E-state index in [1.807, 2.05) is 42.6 Å². The van der Waals surface area contributed by atoms with Crippen molar-refractivity contribution in [2.45, 2.75) is 13.1 Å². The van der Waals surface area contributed by atoms with Crippen molar-refractivity contribution in [3.05, 3.63) is 59.9 Å². The molecule has 0 bridgehead atoms. The second kappa shape index (κ2) is 5.46. The summed E-state index contributed by atoms with van der Waals surface area (Å²) in [5, 5.41) is 0. The number of hydrogen-bond donors (Lipinski definition) is 1. The number of pyridine rings is 1. The molecule has 3 nitrogen and oxygen atoms in total. The Kier molecular flexibility index (Phi) is 3.73. The quantitative estimate of drug-likeness (QED) is 0.815. The van der Waals surface area contributed by atoms with Gasteiger partial charge in [-0.05, 0) is 36.9 Å². The van der Waals surface area contributed by atoms with Gasteiger partial charge in [-0.3, -0.25) is 9.88 Å². The third-order valence-corrected chi connectivity index (χ3v) is 2.56. The lowest BCUT2D eigenvalue weighted by Crippen LogP contribution is -2.17. The van der Waals surface area contributed by atoms with Crippen molar-refractivity contribution in [2.24, 2.45) is 0 Å². The van der Waals surface area contributed by atoms with Gasteiger partial charge in [0.2, 0.25) is 0 Å².